The van der Waals surface area contributed by atoms with Gasteiger partial charge in [0.05, 0.1) is 5.69 Å². The first-order valence-electron chi connectivity index (χ1n) is 10.7. The molecule has 2 N–H and O–H groups in total. The molecule has 6 nitrogen and oxygen atoms in total. The molecule has 6 rings (SSSR count). The van der Waals surface area contributed by atoms with Crippen molar-refractivity contribution < 1.29 is 9.59 Å². The molecule has 0 aliphatic heterocycles. The van der Waals surface area contributed by atoms with Crippen molar-refractivity contribution in [3.63, 3.8) is 0 Å². The van der Waals surface area contributed by atoms with E-state index in [2.05, 4.69) is 16.0 Å². The van der Waals surface area contributed by atoms with Gasteiger partial charge in [0.2, 0.25) is 5.91 Å². The van der Waals surface area contributed by atoms with Crippen molar-refractivity contribution in [1.29, 1.82) is 0 Å². The third kappa shape index (κ3) is 3.56. The third-order valence-corrected chi connectivity index (χ3v) is 7.22. The van der Waals surface area contributed by atoms with Gasteiger partial charge in [0.15, 0.2) is 0 Å². The fraction of sp³-hybridized carbons (Fsp3) is 0.522. The molecular formula is C23H28N4O2. The number of rotatable bonds is 4. The molecule has 1 aromatic carbocycles. The zero-order chi connectivity index (χ0) is 20.0. The number of amides is 2. The number of hydrogen-bond acceptors (Lipinski definition) is 3. The van der Waals surface area contributed by atoms with Crippen molar-refractivity contribution in [2.75, 3.05) is 0 Å². The Hall–Kier alpha value is -2.63. The molecule has 4 aliphatic rings. The van der Waals surface area contributed by atoms with E-state index in [0.29, 0.717) is 12.0 Å². The van der Waals surface area contributed by atoms with E-state index in [9.17, 15) is 9.59 Å². The van der Waals surface area contributed by atoms with Gasteiger partial charge >= 0.3 is 0 Å². The van der Waals surface area contributed by atoms with E-state index in [-0.39, 0.29) is 17.2 Å². The highest BCUT2D eigenvalue weighted by atomic mass is 16.2. The summed E-state index contributed by atoms with van der Waals surface area (Å²) in [5.41, 5.74) is 7.84. The Morgan fingerprint density at radius 2 is 1.62 bits per heavy atom. The fourth-order valence-electron chi connectivity index (χ4n) is 6.48. The zero-order valence-electron chi connectivity index (χ0n) is 16.9. The standard InChI is InChI=1S/C23H28N4O2/c1-15-6-7-24-27(15)20-4-2-19(3-5-20)22(29)26-25-21(28)14-23-11-16-8-17(12-23)10-18(9-16)13-23/h2-7,16-18H,8-14H2,1H3,(H,25,28)(H,26,29). The van der Waals surface area contributed by atoms with Gasteiger partial charge in [-0.15, -0.1) is 0 Å². The Labute approximate surface area is 171 Å². The Morgan fingerprint density at radius 1 is 1.00 bits per heavy atom. The average molecular weight is 393 g/mol. The van der Waals surface area contributed by atoms with Gasteiger partial charge in [-0.1, -0.05) is 0 Å². The molecule has 4 bridgehead atoms. The summed E-state index contributed by atoms with van der Waals surface area (Å²) in [7, 11) is 0. The van der Waals surface area contributed by atoms with Gasteiger partial charge in [-0.05, 0) is 98.9 Å². The molecule has 0 saturated heterocycles. The van der Waals surface area contributed by atoms with Crippen LogP contribution >= 0.6 is 0 Å². The summed E-state index contributed by atoms with van der Waals surface area (Å²) in [6.45, 7) is 1.98. The summed E-state index contributed by atoms with van der Waals surface area (Å²) in [5.74, 6) is 2.10. The van der Waals surface area contributed by atoms with Gasteiger partial charge < -0.3 is 0 Å². The highest BCUT2D eigenvalue weighted by Gasteiger charge is 2.51. The normalized spacial score (nSPS) is 29.6. The van der Waals surface area contributed by atoms with Gasteiger partial charge in [-0.25, -0.2) is 4.68 Å². The van der Waals surface area contributed by atoms with Crippen LogP contribution < -0.4 is 10.9 Å². The summed E-state index contributed by atoms with van der Waals surface area (Å²) in [5, 5.41) is 4.27. The summed E-state index contributed by atoms with van der Waals surface area (Å²) in [6, 6.07) is 9.13. The van der Waals surface area contributed by atoms with Crippen molar-refractivity contribution in [2.45, 2.75) is 51.9 Å². The molecule has 4 aliphatic carbocycles. The van der Waals surface area contributed by atoms with Crippen LogP contribution in [-0.2, 0) is 4.79 Å². The summed E-state index contributed by atoms with van der Waals surface area (Å²) in [4.78, 5) is 25.0. The summed E-state index contributed by atoms with van der Waals surface area (Å²) < 4.78 is 1.81. The second-order valence-corrected chi connectivity index (χ2v) is 9.53. The average Bonchev–Trinajstić information content (AvgIpc) is 3.11. The van der Waals surface area contributed by atoms with Crippen LogP contribution in [0.5, 0.6) is 0 Å². The van der Waals surface area contributed by atoms with Crippen LogP contribution in [0, 0.1) is 30.1 Å². The minimum Gasteiger partial charge on any atom is -0.273 e. The van der Waals surface area contributed by atoms with Gasteiger partial charge in [0.1, 0.15) is 0 Å². The maximum Gasteiger partial charge on any atom is 0.269 e. The number of nitrogens with one attached hydrogen (secondary N) is 2. The van der Waals surface area contributed by atoms with Crippen molar-refractivity contribution in [1.82, 2.24) is 20.6 Å². The quantitative estimate of drug-likeness (QED) is 0.782. The van der Waals surface area contributed by atoms with Crippen molar-refractivity contribution in [3.8, 4) is 5.69 Å². The number of hydrogen-bond donors (Lipinski definition) is 2. The number of nitrogens with zero attached hydrogens (tertiary/aromatic N) is 2. The third-order valence-electron chi connectivity index (χ3n) is 7.22. The molecule has 0 atom stereocenters. The van der Waals surface area contributed by atoms with Gasteiger partial charge in [0, 0.05) is 23.9 Å². The van der Waals surface area contributed by atoms with Crippen molar-refractivity contribution in [3.05, 3.63) is 47.8 Å². The number of aromatic nitrogens is 2. The predicted octanol–water partition coefficient (Wildman–Crippen LogP) is 3.55. The topological polar surface area (TPSA) is 76.0 Å². The number of carbonyl (C=O) groups is 2. The lowest BCUT2D eigenvalue weighted by Gasteiger charge is -2.56. The predicted molar refractivity (Wildman–Crippen MR) is 109 cm³/mol. The monoisotopic (exact) mass is 392 g/mol. The second-order valence-electron chi connectivity index (χ2n) is 9.53. The molecule has 152 valence electrons. The van der Waals surface area contributed by atoms with Crippen molar-refractivity contribution >= 4 is 11.8 Å². The summed E-state index contributed by atoms with van der Waals surface area (Å²) >= 11 is 0. The molecular weight excluding hydrogens is 364 g/mol. The summed E-state index contributed by atoms with van der Waals surface area (Å²) in [6.07, 6.45) is 9.95. The van der Waals surface area contributed by atoms with Gasteiger partial charge in [-0.2, -0.15) is 5.10 Å². The lowest BCUT2D eigenvalue weighted by molar-refractivity contribution is -0.130. The molecule has 1 heterocycles. The number of hydrazine groups is 1. The lowest BCUT2D eigenvalue weighted by atomic mass is 9.49. The van der Waals surface area contributed by atoms with Crippen LogP contribution in [0.2, 0.25) is 0 Å². The number of benzene rings is 1. The lowest BCUT2D eigenvalue weighted by Crippen LogP contribution is -2.50. The van der Waals surface area contributed by atoms with Crippen LogP contribution in [0.15, 0.2) is 36.5 Å². The van der Waals surface area contributed by atoms with E-state index in [1.54, 1.807) is 18.3 Å². The molecule has 1 aromatic heterocycles. The molecule has 0 unspecified atom stereocenters. The first-order valence-corrected chi connectivity index (χ1v) is 10.7. The maximum atomic E-state index is 12.6. The van der Waals surface area contributed by atoms with E-state index >= 15 is 0 Å². The van der Waals surface area contributed by atoms with Crippen LogP contribution in [0.1, 0.15) is 61.0 Å². The Morgan fingerprint density at radius 3 is 2.17 bits per heavy atom. The molecule has 2 aromatic rings. The van der Waals surface area contributed by atoms with Crippen LogP contribution in [0.25, 0.3) is 5.69 Å². The zero-order valence-corrected chi connectivity index (χ0v) is 16.9. The number of carbonyl (C=O) groups excluding carboxylic acids is 2. The van der Waals surface area contributed by atoms with Gasteiger partial charge in [0.25, 0.3) is 5.91 Å². The molecule has 0 spiro atoms. The fourth-order valence-corrected chi connectivity index (χ4v) is 6.48. The minimum atomic E-state index is -0.299. The maximum absolute atomic E-state index is 12.6. The first kappa shape index (κ1) is 18.4. The van der Waals surface area contributed by atoms with E-state index in [0.717, 1.165) is 29.1 Å². The van der Waals surface area contributed by atoms with E-state index in [4.69, 9.17) is 0 Å². The van der Waals surface area contributed by atoms with Gasteiger partial charge in [-0.3, -0.25) is 20.4 Å². The second kappa shape index (κ2) is 7.01. The Bertz CT molecular complexity index is 895. The highest BCUT2D eigenvalue weighted by Crippen LogP contribution is 2.61. The SMILES string of the molecule is Cc1ccnn1-c1ccc(C(=O)NNC(=O)CC23CC4CC(CC(C4)C2)C3)cc1. The Balaban J connectivity index is 1.17. The molecule has 0 radical (unpaired) electrons. The van der Waals surface area contributed by atoms with Crippen LogP contribution in [-0.4, -0.2) is 21.6 Å². The van der Waals surface area contributed by atoms with E-state index in [1.807, 2.05) is 29.8 Å². The molecule has 2 amide bonds. The number of aryl methyl sites for hydroxylation is 1. The van der Waals surface area contributed by atoms with E-state index < -0.39 is 0 Å². The molecule has 4 saturated carbocycles. The molecule has 6 heteroatoms. The largest absolute Gasteiger partial charge is 0.273 e. The molecule has 29 heavy (non-hydrogen) atoms. The smallest absolute Gasteiger partial charge is 0.269 e. The van der Waals surface area contributed by atoms with E-state index in [1.165, 1.54) is 38.5 Å². The molecule has 4 fully saturated rings. The minimum absolute atomic E-state index is 0.0657. The Kier molecular flexibility index (Phi) is 4.45. The van der Waals surface area contributed by atoms with Crippen LogP contribution in [0.4, 0.5) is 0 Å². The highest BCUT2D eigenvalue weighted by molar-refractivity contribution is 5.95. The van der Waals surface area contributed by atoms with Crippen LogP contribution in [0.3, 0.4) is 0 Å². The van der Waals surface area contributed by atoms with Crippen molar-refractivity contribution in [2.24, 2.45) is 23.2 Å². The first-order chi connectivity index (χ1) is 14.0.